The quantitative estimate of drug-likeness (QED) is 0.812. The summed E-state index contributed by atoms with van der Waals surface area (Å²) in [7, 11) is -1.64. The van der Waals surface area contributed by atoms with E-state index < -0.39 is 15.9 Å². The molecule has 1 aromatic carbocycles. The van der Waals surface area contributed by atoms with Gasteiger partial charge < -0.3 is 11.1 Å². The maximum Gasteiger partial charge on any atom is 0.249 e. The van der Waals surface area contributed by atoms with Gasteiger partial charge in [-0.1, -0.05) is 6.07 Å². The molecular formula is C16H25N3O3S. The van der Waals surface area contributed by atoms with Crippen molar-refractivity contribution in [3.05, 3.63) is 29.3 Å². The molecule has 6 nitrogen and oxygen atoms in total. The molecule has 128 valence electrons. The van der Waals surface area contributed by atoms with E-state index in [-0.39, 0.29) is 10.5 Å². The number of aryl methyl sites for hydroxylation is 1. The second-order valence-electron chi connectivity index (χ2n) is 6.08. The van der Waals surface area contributed by atoms with Crippen molar-refractivity contribution < 1.29 is 13.2 Å². The lowest BCUT2D eigenvalue weighted by molar-refractivity contribution is 0.0999. The molecule has 7 heteroatoms. The number of sulfonamides is 1. The molecule has 1 saturated heterocycles. The highest BCUT2D eigenvalue weighted by atomic mass is 32.2. The summed E-state index contributed by atoms with van der Waals surface area (Å²) in [6.07, 6.45) is 2.81. The Hall–Kier alpha value is -1.44. The lowest BCUT2D eigenvalue weighted by Crippen LogP contribution is -2.39. The number of primary amides is 1. The first-order valence-electron chi connectivity index (χ1n) is 7.91. The van der Waals surface area contributed by atoms with Crippen LogP contribution in [0.5, 0.6) is 0 Å². The number of carbonyl (C=O) groups excluding carboxylic acids is 1. The summed E-state index contributed by atoms with van der Waals surface area (Å²) in [5.41, 5.74) is 6.26. The number of amides is 1. The lowest BCUT2D eigenvalue weighted by atomic mass is 9.95. The minimum Gasteiger partial charge on any atom is -0.366 e. The number of rotatable bonds is 6. The molecule has 0 atom stereocenters. The van der Waals surface area contributed by atoms with Crippen molar-refractivity contribution in [2.75, 3.05) is 26.7 Å². The SMILES string of the molecule is CNCCC1CCN(S(=O)(=O)c2ccc(C)c(C(N)=O)c2)CC1. The highest BCUT2D eigenvalue weighted by Gasteiger charge is 2.29. The van der Waals surface area contributed by atoms with Crippen LogP contribution in [0.4, 0.5) is 0 Å². The van der Waals surface area contributed by atoms with Crippen LogP contribution in [0.1, 0.15) is 35.2 Å². The van der Waals surface area contributed by atoms with Gasteiger partial charge in [0.15, 0.2) is 0 Å². The third kappa shape index (κ3) is 4.10. The van der Waals surface area contributed by atoms with Crippen LogP contribution in [-0.2, 0) is 10.0 Å². The zero-order chi connectivity index (χ0) is 17.0. The molecule has 3 N–H and O–H groups in total. The van der Waals surface area contributed by atoms with E-state index in [0.29, 0.717) is 24.6 Å². The normalized spacial score (nSPS) is 17.3. The Morgan fingerprint density at radius 3 is 2.57 bits per heavy atom. The smallest absolute Gasteiger partial charge is 0.249 e. The van der Waals surface area contributed by atoms with Crippen LogP contribution in [0.25, 0.3) is 0 Å². The zero-order valence-corrected chi connectivity index (χ0v) is 14.5. The average Bonchev–Trinajstić information content (AvgIpc) is 2.53. The van der Waals surface area contributed by atoms with E-state index in [0.717, 1.165) is 25.8 Å². The van der Waals surface area contributed by atoms with Gasteiger partial charge in [-0.3, -0.25) is 4.79 Å². The topological polar surface area (TPSA) is 92.5 Å². The Kier molecular flexibility index (Phi) is 5.78. The van der Waals surface area contributed by atoms with Crippen molar-refractivity contribution in [1.82, 2.24) is 9.62 Å². The number of hydrogen-bond acceptors (Lipinski definition) is 4. The summed E-state index contributed by atoms with van der Waals surface area (Å²) in [4.78, 5) is 11.6. The summed E-state index contributed by atoms with van der Waals surface area (Å²) in [5, 5.41) is 3.13. The molecule has 0 radical (unpaired) electrons. The Morgan fingerprint density at radius 2 is 2.00 bits per heavy atom. The maximum atomic E-state index is 12.8. The number of hydrogen-bond donors (Lipinski definition) is 2. The fourth-order valence-electron chi connectivity index (χ4n) is 2.96. The molecule has 0 aromatic heterocycles. The van der Waals surface area contributed by atoms with Crippen molar-refractivity contribution in [3.63, 3.8) is 0 Å². The molecule has 1 aliphatic heterocycles. The van der Waals surface area contributed by atoms with Crippen LogP contribution >= 0.6 is 0 Å². The monoisotopic (exact) mass is 339 g/mol. The predicted molar refractivity (Wildman–Crippen MR) is 89.7 cm³/mol. The first kappa shape index (κ1) is 17.9. The van der Waals surface area contributed by atoms with E-state index in [2.05, 4.69) is 5.32 Å². The summed E-state index contributed by atoms with van der Waals surface area (Å²) in [6, 6.07) is 4.57. The van der Waals surface area contributed by atoms with Gasteiger partial charge in [0.25, 0.3) is 0 Å². The predicted octanol–water partition coefficient (Wildman–Crippen LogP) is 1.10. The molecule has 1 amide bonds. The van der Waals surface area contributed by atoms with Gasteiger partial charge >= 0.3 is 0 Å². The Morgan fingerprint density at radius 1 is 1.35 bits per heavy atom. The number of nitrogens with one attached hydrogen (secondary N) is 1. The Labute approximate surface area is 138 Å². The van der Waals surface area contributed by atoms with E-state index in [9.17, 15) is 13.2 Å². The fraction of sp³-hybridized carbons (Fsp3) is 0.562. The molecule has 0 aliphatic carbocycles. The number of nitrogens with two attached hydrogens (primary N) is 1. The van der Waals surface area contributed by atoms with Gasteiger partial charge in [0.2, 0.25) is 15.9 Å². The molecule has 1 aliphatic rings. The molecule has 0 saturated carbocycles. The molecule has 0 spiro atoms. The van der Waals surface area contributed by atoms with Crippen molar-refractivity contribution in [2.24, 2.45) is 11.7 Å². The molecule has 1 heterocycles. The molecular weight excluding hydrogens is 314 g/mol. The minimum atomic E-state index is -3.57. The molecule has 1 aromatic rings. The standard InChI is InChI=1S/C16H25N3O3S/c1-12-3-4-14(11-15(12)16(17)20)23(21,22)19-9-6-13(7-10-19)5-8-18-2/h3-4,11,13,18H,5-10H2,1-2H3,(H2,17,20). The van der Waals surface area contributed by atoms with Crippen molar-refractivity contribution >= 4 is 15.9 Å². The summed E-state index contributed by atoms with van der Waals surface area (Å²) >= 11 is 0. The highest BCUT2D eigenvalue weighted by Crippen LogP contribution is 2.26. The summed E-state index contributed by atoms with van der Waals surface area (Å²) in [5.74, 6) is -0.0431. The molecule has 23 heavy (non-hydrogen) atoms. The molecule has 2 rings (SSSR count). The van der Waals surface area contributed by atoms with Crippen LogP contribution < -0.4 is 11.1 Å². The van der Waals surface area contributed by atoms with Crippen molar-refractivity contribution in [1.29, 1.82) is 0 Å². The van der Waals surface area contributed by atoms with Gasteiger partial charge in [-0.2, -0.15) is 4.31 Å². The summed E-state index contributed by atoms with van der Waals surface area (Å²) < 4.78 is 27.0. The van der Waals surface area contributed by atoms with Gasteiger partial charge in [0.05, 0.1) is 4.90 Å². The summed E-state index contributed by atoms with van der Waals surface area (Å²) in [6.45, 7) is 3.74. The zero-order valence-electron chi connectivity index (χ0n) is 13.7. The first-order valence-corrected chi connectivity index (χ1v) is 9.35. The molecule has 0 bridgehead atoms. The lowest BCUT2D eigenvalue weighted by Gasteiger charge is -2.31. The van der Waals surface area contributed by atoms with Crippen molar-refractivity contribution in [3.8, 4) is 0 Å². The third-order valence-corrected chi connectivity index (χ3v) is 6.38. The second-order valence-corrected chi connectivity index (χ2v) is 8.02. The van der Waals surface area contributed by atoms with Gasteiger partial charge in [0.1, 0.15) is 0 Å². The Bertz CT molecular complexity index is 665. The second kappa shape index (κ2) is 7.42. The van der Waals surface area contributed by atoms with Crippen LogP contribution in [0.3, 0.4) is 0 Å². The van der Waals surface area contributed by atoms with Crippen LogP contribution in [-0.4, -0.2) is 45.3 Å². The van der Waals surface area contributed by atoms with Gasteiger partial charge in [0, 0.05) is 18.7 Å². The van der Waals surface area contributed by atoms with Crippen LogP contribution in [0.15, 0.2) is 23.1 Å². The number of nitrogens with zero attached hydrogens (tertiary/aromatic N) is 1. The average molecular weight is 339 g/mol. The maximum absolute atomic E-state index is 12.8. The number of benzene rings is 1. The van der Waals surface area contributed by atoms with Gasteiger partial charge in [-0.05, 0) is 63.4 Å². The minimum absolute atomic E-state index is 0.144. The largest absolute Gasteiger partial charge is 0.366 e. The third-order valence-electron chi connectivity index (χ3n) is 4.49. The van der Waals surface area contributed by atoms with E-state index >= 15 is 0 Å². The van der Waals surface area contributed by atoms with Crippen LogP contribution in [0.2, 0.25) is 0 Å². The van der Waals surface area contributed by atoms with Crippen LogP contribution in [0, 0.1) is 12.8 Å². The molecule has 0 unspecified atom stereocenters. The molecule has 1 fully saturated rings. The van der Waals surface area contributed by atoms with Crippen molar-refractivity contribution in [2.45, 2.75) is 31.1 Å². The first-order chi connectivity index (χ1) is 10.9. The van der Waals surface area contributed by atoms with Gasteiger partial charge in [-0.15, -0.1) is 0 Å². The van der Waals surface area contributed by atoms with E-state index in [1.54, 1.807) is 19.1 Å². The number of piperidine rings is 1. The van der Waals surface area contributed by atoms with E-state index in [1.165, 1.54) is 10.4 Å². The Balaban J connectivity index is 2.14. The van der Waals surface area contributed by atoms with E-state index in [1.807, 2.05) is 7.05 Å². The van der Waals surface area contributed by atoms with E-state index in [4.69, 9.17) is 5.73 Å². The highest BCUT2D eigenvalue weighted by molar-refractivity contribution is 7.89. The fourth-order valence-corrected chi connectivity index (χ4v) is 4.46. The van der Waals surface area contributed by atoms with Gasteiger partial charge in [-0.25, -0.2) is 8.42 Å². The number of carbonyl (C=O) groups is 1.